The Bertz CT molecular complexity index is 137. The highest BCUT2D eigenvalue weighted by Crippen LogP contribution is 2.18. The van der Waals surface area contributed by atoms with E-state index in [2.05, 4.69) is 0 Å². The molecule has 0 spiro atoms. The maximum Gasteiger partial charge on any atom is 0.309 e. The number of carbonyl (C=O) groups is 1. The van der Waals surface area contributed by atoms with Crippen molar-refractivity contribution in [2.45, 2.75) is 12.6 Å². The molecule has 0 amide bonds. The molecule has 1 aliphatic heterocycles. The molecule has 1 saturated heterocycles. The maximum absolute atomic E-state index is 12.6. The van der Waals surface area contributed by atoms with Gasteiger partial charge in [-0.15, -0.1) is 0 Å². The molecule has 2 unspecified atom stereocenters. The van der Waals surface area contributed by atoms with Gasteiger partial charge in [0.05, 0.1) is 12.5 Å². The van der Waals surface area contributed by atoms with Gasteiger partial charge in [0.25, 0.3) is 0 Å². The Balaban J connectivity index is 2.47. The van der Waals surface area contributed by atoms with Crippen LogP contribution in [0, 0.1) is 5.92 Å². The Morgan fingerprint density at radius 2 is 2.40 bits per heavy atom. The number of carboxylic acid groups (broad SMARTS) is 1. The zero-order chi connectivity index (χ0) is 7.56. The Hall–Kier alpha value is -0.640. The molecule has 10 heavy (non-hydrogen) atoms. The lowest BCUT2D eigenvalue weighted by Crippen LogP contribution is -2.34. The number of carboxylic acids is 1. The molecule has 0 aliphatic carbocycles. The minimum atomic E-state index is -1.33. The Morgan fingerprint density at radius 3 is 2.80 bits per heavy atom. The van der Waals surface area contributed by atoms with Gasteiger partial charge in [-0.3, -0.25) is 4.79 Å². The molecule has 0 bridgehead atoms. The van der Waals surface area contributed by atoms with E-state index in [-0.39, 0.29) is 13.0 Å². The van der Waals surface area contributed by atoms with Crippen molar-refractivity contribution in [3.63, 3.8) is 0 Å². The van der Waals surface area contributed by atoms with Gasteiger partial charge in [-0.05, 0) is 6.42 Å². The van der Waals surface area contributed by atoms with Crippen LogP contribution in [0.15, 0.2) is 0 Å². The van der Waals surface area contributed by atoms with Crippen LogP contribution in [-0.2, 0) is 9.53 Å². The van der Waals surface area contributed by atoms with Crippen molar-refractivity contribution in [2.24, 2.45) is 5.92 Å². The van der Waals surface area contributed by atoms with Crippen LogP contribution in [0.25, 0.3) is 0 Å². The fraction of sp³-hybridized carbons (Fsp3) is 0.833. The van der Waals surface area contributed by atoms with Crippen molar-refractivity contribution in [1.82, 2.24) is 0 Å². The summed E-state index contributed by atoms with van der Waals surface area (Å²) in [5.41, 5.74) is 0. The van der Waals surface area contributed by atoms with E-state index in [0.717, 1.165) is 0 Å². The summed E-state index contributed by atoms with van der Waals surface area (Å²) in [6.45, 7) is 0.286. The summed E-state index contributed by atoms with van der Waals surface area (Å²) in [5.74, 6) is -1.91. The van der Waals surface area contributed by atoms with Gasteiger partial charge in [-0.2, -0.15) is 0 Å². The number of hydrogen-bond acceptors (Lipinski definition) is 2. The van der Waals surface area contributed by atoms with E-state index in [9.17, 15) is 9.18 Å². The molecule has 1 N–H and O–H groups in total. The summed E-state index contributed by atoms with van der Waals surface area (Å²) in [7, 11) is 0. The molecule has 0 aromatic rings. The van der Waals surface area contributed by atoms with E-state index < -0.39 is 18.1 Å². The van der Waals surface area contributed by atoms with Crippen LogP contribution in [0.3, 0.4) is 0 Å². The predicted molar refractivity (Wildman–Crippen MR) is 31.5 cm³/mol. The second-order valence-electron chi connectivity index (χ2n) is 2.32. The largest absolute Gasteiger partial charge is 0.481 e. The predicted octanol–water partition coefficient (Wildman–Crippen LogP) is 0.446. The second kappa shape index (κ2) is 2.96. The zero-order valence-electron chi connectivity index (χ0n) is 5.42. The summed E-state index contributed by atoms with van der Waals surface area (Å²) in [6, 6.07) is 0. The van der Waals surface area contributed by atoms with Crippen molar-refractivity contribution in [3.05, 3.63) is 0 Å². The SMILES string of the molecule is O=C(O)C1CCOCC1F. The molecule has 0 radical (unpaired) electrons. The molecule has 3 nitrogen and oxygen atoms in total. The normalized spacial score (nSPS) is 33.7. The third-order valence-electron chi connectivity index (χ3n) is 1.60. The molecule has 2 atom stereocenters. The molecule has 1 heterocycles. The first-order valence-electron chi connectivity index (χ1n) is 3.16. The van der Waals surface area contributed by atoms with E-state index in [0.29, 0.717) is 6.61 Å². The zero-order valence-corrected chi connectivity index (χ0v) is 5.42. The van der Waals surface area contributed by atoms with Crippen LogP contribution in [-0.4, -0.2) is 30.5 Å². The van der Waals surface area contributed by atoms with Crippen molar-refractivity contribution >= 4 is 5.97 Å². The summed E-state index contributed by atoms with van der Waals surface area (Å²) < 4.78 is 17.3. The van der Waals surface area contributed by atoms with E-state index in [4.69, 9.17) is 9.84 Å². The molecule has 4 heteroatoms. The van der Waals surface area contributed by atoms with Gasteiger partial charge in [0.2, 0.25) is 0 Å². The molecule has 0 aromatic carbocycles. The first kappa shape index (κ1) is 7.47. The monoisotopic (exact) mass is 148 g/mol. The second-order valence-corrected chi connectivity index (χ2v) is 2.32. The average Bonchev–Trinajstić information content (AvgIpc) is 1.88. The molecule has 58 valence electrons. The maximum atomic E-state index is 12.6. The van der Waals surface area contributed by atoms with Crippen molar-refractivity contribution < 1.29 is 19.0 Å². The van der Waals surface area contributed by atoms with Gasteiger partial charge in [-0.1, -0.05) is 0 Å². The lowest BCUT2D eigenvalue weighted by atomic mass is 9.99. The Kier molecular flexibility index (Phi) is 2.21. The fourth-order valence-corrected chi connectivity index (χ4v) is 0.981. The number of alkyl halides is 1. The molecule has 1 rings (SSSR count). The summed E-state index contributed by atoms with van der Waals surface area (Å²) >= 11 is 0. The van der Waals surface area contributed by atoms with E-state index in [1.54, 1.807) is 0 Å². The third kappa shape index (κ3) is 1.44. The standard InChI is InChI=1S/C6H9FO3/c7-5-3-10-2-1-4(5)6(8)9/h4-5H,1-3H2,(H,8,9). The van der Waals surface area contributed by atoms with Crippen molar-refractivity contribution in [3.8, 4) is 0 Å². The Labute approximate surface area is 57.8 Å². The lowest BCUT2D eigenvalue weighted by molar-refractivity contribution is -0.148. The van der Waals surface area contributed by atoms with Gasteiger partial charge < -0.3 is 9.84 Å². The first-order valence-corrected chi connectivity index (χ1v) is 3.16. The fourth-order valence-electron chi connectivity index (χ4n) is 0.981. The quantitative estimate of drug-likeness (QED) is 0.587. The Morgan fingerprint density at radius 1 is 1.70 bits per heavy atom. The first-order chi connectivity index (χ1) is 4.72. The summed E-state index contributed by atoms with van der Waals surface area (Å²) in [5, 5.41) is 8.41. The molecule has 0 aromatic heterocycles. The molecule has 0 saturated carbocycles. The van der Waals surface area contributed by atoms with Crippen molar-refractivity contribution in [2.75, 3.05) is 13.2 Å². The van der Waals surface area contributed by atoms with E-state index in [1.807, 2.05) is 0 Å². The van der Waals surface area contributed by atoms with Crippen LogP contribution in [0.1, 0.15) is 6.42 Å². The van der Waals surface area contributed by atoms with Crippen molar-refractivity contribution in [1.29, 1.82) is 0 Å². The topological polar surface area (TPSA) is 46.5 Å². The number of halogens is 1. The van der Waals surface area contributed by atoms with Gasteiger partial charge in [0.15, 0.2) is 0 Å². The summed E-state index contributed by atoms with van der Waals surface area (Å²) in [6.07, 6.45) is -1.04. The molecular formula is C6H9FO3. The van der Waals surface area contributed by atoms with Crippen LogP contribution < -0.4 is 0 Å². The van der Waals surface area contributed by atoms with Crippen LogP contribution in [0.2, 0.25) is 0 Å². The van der Waals surface area contributed by atoms with Crippen LogP contribution in [0.5, 0.6) is 0 Å². The van der Waals surface area contributed by atoms with E-state index >= 15 is 0 Å². The highest BCUT2D eigenvalue weighted by Gasteiger charge is 2.31. The minimum Gasteiger partial charge on any atom is -0.481 e. The number of ether oxygens (including phenoxy) is 1. The molecule has 1 fully saturated rings. The highest BCUT2D eigenvalue weighted by atomic mass is 19.1. The van der Waals surface area contributed by atoms with Gasteiger partial charge in [0, 0.05) is 6.61 Å². The third-order valence-corrected chi connectivity index (χ3v) is 1.60. The number of hydrogen-bond donors (Lipinski definition) is 1. The van der Waals surface area contributed by atoms with Crippen LogP contribution in [0.4, 0.5) is 4.39 Å². The smallest absolute Gasteiger partial charge is 0.309 e. The average molecular weight is 148 g/mol. The minimum absolute atomic E-state index is 0.0725. The molecular weight excluding hydrogens is 139 g/mol. The van der Waals surface area contributed by atoms with Gasteiger partial charge >= 0.3 is 5.97 Å². The number of rotatable bonds is 1. The van der Waals surface area contributed by atoms with E-state index in [1.165, 1.54) is 0 Å². The molecule has 1 aliphatic rings. The van der Waals surface area contributed by atoms with Crippen LogP contribution >= 0.6 is 0 Å². The highest BCUT2D eigenvalue weighted by molar-refractivity contribution is 5.70. The summed E-state index contributed by atoms with van der Waals surface area (Å²) in [4.78, 5) is 10.3. The number of aliphatic carboxylic acids is 1. The van der Waals surface area contributed by atoms with Gasteiger partial charge in [0.1, 0.15) is 6.17 Å². The van der Waals surface area contributed by atoms with Gasteiger partial charge in [-0.25, -0.2) is 4.39 Å². The lowest BCUT2D eigenvalue weighted by Gasteiger charge is -2.21.